The van der Waals surface area contributed by atoms with Gasteiger partial charge in [0.25, 0.3) is 0 Å². The number of carbonyl (C=O) groups excluding carboxylic acids is 2. The number of ketones is 2. The number of hydrogen-bond acceptors (Lipinski definition) is 8. The highest BCUT2D eigenvalue weighted by atomic mass is 35.5. The summed E-state index contributed by atoms with van der Waals surface area (Å²) in [6.45, 7) is 11.5. The highest BCUT2D eigenvalue weighted by Crippen LogP contribution is 2.32. The lowest BCUT2D eigenvalue weighted by Gasteiger charge is -2.31. The number of unbranched alkanes of at least 4 members (excludes halogenated alkanes) is 2. The number of ether oxygens (including phenoxy) is 2. The van der Waals surface area contributed by atoms with Crippen molar-refractivity contribution < 1.29 is 19.1 Å². The number of nitrogen functional groups attached to an aromatic ring is 2. The molecule has 268 valence electrons. The smallest absolute Gasteiger partial charge is 0.166 e. The number of piperidine rings is 2. The van der Waals surface area contributed by atoms with Crippen LogP contribution < -0.4 is 20.9 Å². The van der Waals surface area contributed by atoms with Crippen molar-refractivity contribution in [2.75, 3.05) is 65.0 Å². The number of benzene rings is 2. The zero-order chi connectivity index (χ0) is 35.1. The summed E-state index contributed by atoms with van der Waals surface area (Å²) in [4.78, 5) is 30.2. The van der Waals surface area contributed by atoms with Crippen LogP contribution in [0.4, 0.5) is 11.4 Å². The normalized spacial score (nSPS) is 16.3. The molecule has 0 aliphatic carbocycles. The Bertz CT molecular complexity index is 1210. The fourth-order valence-electron chi connectivity index (χ4n) is 6.61. The van der Waals surface area contributed by atoms with Crippen LogP contribution in [-0.4, -0.2) is 74.9 Å². The minimum absolute atomic E-state index is 0.0853. The highest BCUT2D eigenvalue weighted by molar-refractivity contribution is 6.34. The maximum Gasteiger partial charge on any atom is 0.166 e. The van der Waals surface area contributed by atoms with Crippen LogP contribution in [0.3, 0.4) is 0 Å². The van der Waals surface area contributed by atoms with Crippen LogP contribution in [0.5, 0.6) is 11.5 Å². The van der Waals surface area contributed by atoms with E-state index in [0.29, 0.717) is 68.7 Å². The number of hydrogen-bond donors (Lipinski definition) is 2. The molecule has 0 aromatic heterocycles. The summed E-state index contributed by atoms with van der Waals surface area (Å²) in [5.74, 6) is 2.47. The maximum atomic E-state index is 12.5. The van der Waals surface area contributed by atoms with Crippen LogP contribution in [-0.2, 0) is 0 Å². The number of halogens is 2. The fraction of sp³-hybridized carbons (Fsp3) is 0.632. The first kappa shape index (κ1) is 39.9. The molecular weight excluding hydrogens is 647 g/mol. The molecule has 2 aliphatic heterocycles. The number of methoxy groups -OCH3 is 2. The first-order chi connectivity index (χ1) is 23.1. The molecule has 0 saturated carbocycles. The van der Waals surface area contributed by atoms with Gasteiger partial charge in [-0.15, -0.1) is 0 Å². The van der Waals surface area contributed by atoms with Gasteiger partial charge in [0.15, 0.2) is 11.6 Å². The van der Waals surface area contributed by atoms with Crippen molar-refractivity contribution in [3.8, 4) is 11.5 Å². The van der Waals surface area contributed by atoms with E-state index >= 15 is 0 Å². The Morgan fingerprint density at radius 3 is 1.35 bits per heavy atom. The van der Waals surface area contributed by atoms with E-state index in [9.17, 15) is 9.59 Å². The summed E-state index contributed by atoms with van der Waals surface area (Å²) in [6.07, 6.45) is 12.8. The molecule has 0 bridgehead atoms. The van der Waals surface area contributed by atoms with Crippen molar-refractivity contribution in [2.45, 2.75) is 90.9 Å². The van der Waals surface area contributed by atoms with Crippen molar-refractivity contribution in [1.29, 1.82) is 0 Å². The average molecular weight is 706 g/mol. The van der Waals surface area contributed by atoms with Gasteiger partial charge in [0, 0.05) is 25.0 Å². The molecule has 2 saturated heterocycles. The molecule has 10 heteroatoms. The molecule has 2 aromatic carbocycles. The summed E-state index contributed by atoms with van der Waals surface area (Å²) in [7, 11) is 3.09. The SMILES string of the molecule is CCCCN1CCC(CCC(=O)c2cc(Cl)c(N)cc2OC)CC1.CCCCN1CCC(CCC(=O)c2cc(Cl)c(N)cc2OC)CC1. The number of nitrogens with two attached hydrogens (primary N) is 2. The third kappa shape index (κ3) is 12.4. The lowest BCUT2D eigenvalue weighted by molar-refractivity contribution is 0.0951. The Balaban J connectivity index is 0.000000260. The van der Waals surface area contributed by atoms with Crippen LogP contribution in [0.1, 0.15) is 112 Å². The first-order valence-electron chi connectivity index (χ1n) is 17.9. The zero-order valence-electron chi connectivity index (χ0n) is 29.6. The van der Waals surface area contributed by atoms with E-state index in [1.54, 1.807) is 38.5 Å². The molecule has 0 unspecified atom stereocenters. The lowest BCUT2D eigenvalue weighted by Crippen LogP contribution is -2.34. The molecule has 4 rings (SSSR count). The van der Waals surface area contributed by atoms with Crippen LogP contribution in [0, 0.1) is 11.8 Å². The summed E-state index contributed by atoms with van der Waals surface area (Å²) in [5.41, 5.74) is 13.5. The topological polar surface area (TPSA) is 111 Å². The molecular formula is C38H58Cl2N4O4. The predicted octanol–water partition coefficient (Wildman–Crippen LogP) is 8.81. The lowest BCUT2D eigenvalue weighted by atomic mass is 9.90. The van der Waals surface area contributed by atoms with Crippen LogP contribution in [0.15, 0.2) is 24.3 Å². The quantitative estimate of drug-likeness (QED) is 0.132. The van der Waals surface area contributed by atoms with Crippen LogP contribution in [0.2, 0.25) is 10.0 Å². The molecule has 2 fully saturated rings. The van der Waals surface area contributed by atoms with E-state index < -0.39 is 0 Å². The summed E-state index contributed by atoms with van der Waals surface area (Å²) < 4.78 is 10.6. The van der Waals surface area contributed by atoms with E-state index in [-0.39, 0.29) is 11.6 Å². The molecule has 0 spiro atoms. The maximum absolute atomic E-state index is 12.5. The average Bonchev–Trinajstić information content (AvgIpc) is 3.10. The Labute approximate surface area is 298 Å². The van der Waals surface area contributed by atoms with E-state index in [1.807, 2.05) is 0 Å². The molecule has 2 aliphatic rings. The summed E-state index contributed by atoms with van der Waals surface area (Å²) in [6, 6.07) is 6.51. The largest absolute Gasteiger partial charge is 0.496 e. The van der Waals surface area contributed by atoms with Crippen molar-refractivity contribution in [3.05, 3.63) is 45.4 Å². The zero-order valence-corrected chi connectivity index (χ0v) is 31.1. The van der Waals surface area contributed by atoms with Gasteiger partial charge in [0.05, 0.1) is 46.8 Å². The Hall–Kier alpha value is -2.52. The molecule has 2 heterocycles. The van der Waals surface area contributed by atoms with Gasteiger partial charge in [-0.05, 0) is 115 Å². The van der Waals surface area contributed by atoms with Gasteiger partial charge in [-0.1, -0.05) is 49.9 Å². The Morgan fingerprint density at radius 1 is 0.688 bits per heavy atom. The van der Waals surface area contributed by atoms with Gasteiger partial charge in [-0.25, -0.2) is 0 Å². The number of carbonyl (C=O) groups is 2. The van der Waals surface area contributed by atoms with E-state index in [2.05, 4.69) is 23.6 Å². The molecule has 48 heavy (non-hydrogen) atoms. The molecule has 0 atom stereocenters. The van der Waals surface area contributed by atoms with Gasteiger partial charge in [0.2, 0.25) is 0 Å². The van der Waals surface area contributed by atoms with Crippen molar-refractivity contribution in [1.82, 2.24) is 9.80 Å². The Kier molecular flexibility index (Phi) is 17.4. The third-order valence-corrected chi connectivity index (χ3v) is 10.5. The third-order valence-electron chi connectivity index (χ3n) is 9.87. The minimum Gasteiger partial charge on any atom is -0.496 e. The highest BCUT2D eigenvalue weighted by Gasteiger charge is 2.23. The monoisotopic (exact) mass is 704 g/mol. The number of nitrogens with zero attached hydrogens (tertiary/aromatic N) is 2. The van der Waals surface area contributed by atoms with Gasteiger partial charge >= 0.3 is 0 Å². The number of Topliss-reactive ketones (excluding diaryl/α,β-unsaturated/α-hetero) is 2. The molecule has 4 N–H and O–H groups in total. The van der Waals surface area contributed by atoms with Gasteiger partial charge in [-0.2, -0.15) is 0 Å². The van der Waals surface area contributed by atoms with Crippen molar-refractivity contribution in [2.24, 2.45) is 11.8 Å². The second kappa shape index (κ2) is 20.9. The molecule has 0 amide bonds. The molecule has 2 aromatic rings. The van der Waals surface area contributed by atoms with Gasteiger partial charge in [0.1, 0.15) is 11.5 Å². The van der Waals surface area contributed by atoms with Crippen molar-refractivity contribution in [3.63, 3.8) is 0 Å². The van der Waals surface area contributed by atoms with Crippen molar-refractivity contribution >= 4 is 46.1 Å². The van der Waals surface area contributed by atoms with Gasteiger partial charge in [-0.3, -0.25) is 9.59 Å². The number of rotatable bonds is 16. The van der Waals surface area contributed by atoms with Gasteiger partial charge < -0.3 is 30.7 Å². The fourth-order valence-corrected chi connectivity index (χ4v) is 6.94. The molecule has 8 nitrogen and oxygen atoms in total. The second-order valence-corrected chi connectivity index (χ2v) is 14.2. The summed E-state index contributed by atoms with van der Waals surface area (Å²) in [5, 5.41) is 0.812. The van der Waals surface area contributed by atoms with Crippen LogP contribution in [0.25, 0.3) is 0 Å². The van der Waals surface area contributed by atoms with E-state index in [1.165, 1.54) is 64.5 Å². The second-order valence-electron chi connectivity index (χ2n) is 13.3. The number of anilines is 2. The summed E-state index contributed by atoms with van der Waals surface area (Å²) >= 11 is 12.1. The minimum atomic E-state index is 0.0853. The van der Waals surface area contributed by atoms with Crippen LogP contribution >= 0.6 is 23.2 Å². The van der Waals surface area contributed by atoms with E-state index in [0.717, 1.165) is 39.0 Å². The first-order valence-corrected chi connectivity index (χ1v) is 18.6. The molecule has 0 radical (unpaired) electrons. The standard InChI is InChI=1S/2C19H29ClN2O2/c2*1-3-4-9-22-10-7-14(8-11-22)5-6-18(23)15-12-16(20)17(21)13-19(15)24-2/h2*12-14H,3-11,21H2,1-2H3. The van der Waals surface area contributed by atoms with E-state index in [4.69, 9.17) is 44.1 Å². The Morgan fingerprint density at radius 2 is 1.04 bits per heavy atom. The number of likely N-dealkylation sites (tertiary alicyclic amines) is 2. The predicted molar refractivity (Wildman–Crippen MR) is 200 cm³/mol.